The van der Waals surface area contributed by atoms with E-state index in [1.807, 2.05) is 18.2 Å². The molecule has 1 fully saturated rings. The molecule has 9 nitrogen and oxygen atoms in total. The van der Waals surface area contributed by atoms with Gasteiger partial charge in [0.2, 0.25) is 21.8 Å². The summed E-state index contributed by atoms with van der Waals surface area (Å²) in [6.45, 7) is 5.14. The van der Waals surface area contributed by atoms with E-state index in [4.69, 9.17) is 9.15 Å². The van der Waals surface area contributed by atoms with Crippen molar-refractivity contribution in [3.05, 3.63) is 47.2 Å². The third-order valence-electron chi connectivity index (χ3n) is 7.52. The van der Waals surface area contributed by atoms with Crippen molar-refractivity contribution in [1.29, 1.82) is 0 Å². The summed E-state index contributed by atoms with van der Waals surface area (Å²) in [5, 5.41) is 0. The van der Waals surface area contributed by atoms with Crippen molar-refractivity contribution in [2.45, 2.75) is 103 Å². The molecule has 40 heavy (non-hydrogen) atoms. The van der Waals surface area contributed by atoms with Crippen LogP contribution in [0.15, 0.2) is 28.9 Å². The number of sulfonamides is 1. The van der Waals surface area contributed by atoms with Gasteiger partial charge in [-0.15, -0.1) is 0 Å². The number of nitrogens with zero attached hydrogens (tertiary/aromatic N) is 2. The fourth-order valence-corrected chi connectivity index (χ4v) is 5.71. The van der Waals surface area contributed by atoms with Gasteiger partial charge in [0.05, 0.1) is 18.9 Å². The monoisotopic (exact) mass is 575 g/mol. The first-order valence-electron chi connectivity index (χ1n) is 14.7. The van der Waals surface area contributed by atoms with E-state index in [2.05, 4.69) is 21.5 Å². The van der Waals surface area contributed by atoms with Crippen molar-refractivity contribution in [3.63, 3.8) is 0 Å². The molecular weight excluding hydrogens is 530 g/mol. The molecular formula is C30H45N3O6S. The molecule has 1 atom stereocenters. The minimum absolute atomic E-state index is 0.0338. The molecule has 2 heterocycles. The summed E-state index contributed by atoms with van der Waals surface area (Å²) in [7, 11) is -1.98. The van der Waals surface area contributed by atoms with Crippen LogP contribution >= 0.6 is 0 Å². The van der Waals surface area contributed by atoms with Crippen molar-refractivity contribution in [1.82, 2.24) is 14.6 Å². The Hall–Kier alpha value is -2.72. The van der Waals surface area contributed by atoms with Crippen LogP contribution in [-0.2, 0) is 27.8 Å². The third-order valence-corrected chi connectivity index (χ3v) is 8.82. The van der Waals surface area contributed by atoms with Gasteiger partial charge in [0.1, 0.15) is 17.7 Å². The van der Waals surface area contributed by atoms with Crippen LogP contribution in [0.5, 0.6) is 5.75 Å². The molecule has 1 aliphatic rings. The van der Waals surface area contributed by atoms with Crippen LogP contribution in [-0.4, -0.2) is 49.4 Å². The van der Waals surface area contributed by atoms with E-state index in [9.17, 15) is 18.0 Å². The smallest absolute Gasteiger partial charge is 0.234 e. The number of aromatic nitrogens is 1. The molecule has 1 aliphatic heterocycles. The second-order valence-corrected chi connectivity index (χ2v) is 12.6. The Morgan fingerprint density at radius 1 is 1.07 bits per heavy atom. The topological polar surface area (TPSA) is 119 Å². The number of hydrogen-bond acceptors (Lipinski definition) is 8. The first kappa shape index (κ1) is 31.8. The highest BCUT2D eigenvalue weighted by atomic mass is 32.2. The van der Waals surface area contributed by atoms with E-state index in [0.29, 0.717) is 36.7 Å². The van der Waals surface area contributed by atoms with Gasteiger partial charge in [0, 0.05) is 19.4 Å². The molecule has 0 unspecified atom stereocenters. The molecule has 0 aliphatic carbocycles. The molecule has 0 saturated carbocycles. The third kappa shape index (κ3) is 9.73. The second-order valence-electron chi connectivity index (χ2n) is 10.6. The van der Waals surface area contributed by atoms with Gasteiger partial charge in [-0.25, -0.2) is 13.4 Å². The Bertz CT molecular complexity index is 1210. The number of ketones is 1. The summed E-state index contributed by atoms with van der Waals surface area (Å²) in [5.74, 6) is 0.648. The zero-order chi connectivity index (χ0) is 29.0. The number of rotatable bonds is 18. The highest BCUT2D eigenvalue weighted by molar-refractivity contribution is 7.90. The number of ether oxygens (including phenoxy) is 1. The van der Waals surface area contributed by atoms with Gasteiger partial charge in [0.25, 0.3) is 0 Å². The van der Waals surface area contributed by atoms with Crippen LogP contribution < -0.4 is 9.46 Å². The van der Waals surface area contributed by atoms with E-state index < -0.39 is 15.9 Å². The molecule has 1 N–H and O–H groups in total. The summed E-state index contributed by atoms with van der Waals surface area (Å²) in [5.41, 5.74) is 2.36. The Balaban J connectivity index is 1.60. The molecule has 222 valence electrons. The summed E-state index contributed by atoms with van der Waals surface area (Å²) in [6.07, 6.45) is 12.4. The number of Topliss-reactive ketones (excluding diaryl/α,β-unsaturated/α-hetero) is 1. The Kier molecular flexibility index (Phi) is 12.6. The number of oxazole rings is 1. The lowest BCUT2D eigenvalue weighted by molar-refractivity contribution is -0.119. The molecule has 1 aromatic carbocycles. The highest BCUT2D eigenvalue weighted by Crippen LogP contribution is 2.34. The van der Waals surface area contributed by atoms with Crippen LogP contribution in [0.25, 0.3) is 0 Å². The lowest BCUT2D eigenvalue weighted by Gasteiger charge is -2.23. The lowest BCUT2D eigenvalue weighted by Crippen LogP contribution is -2.32. The van der Waals surface area contributed by atoms with E-state index in [1.54, 1.807) is 7.11 Å². The number of hydrogen-bond donors (Lipinski definition) is 1. The average molecular weight is 576 g/mol. The van der Waals surface area contributed by atoms with Gasteiger partial charge < -0.3 is 9.15 Å². The molecule has 1 amide bonds. The van der Waals surface area contributed by atoms with Gasteiger partial charge in [0.15, 0.2) is 5.78 Å². The molecule has 2 aromatic rings. The molecule has 0 spiro atoms. The largest absolute Gasteiger partial charge is 0.497 e. The van der Waals surface area contributed by atoms with Crippen LogP contribution in [0.4, 0.5) is 0 Å². The highest BCUT2D eigenvalue weighted by Gasteiger charge is 2.31. The van der Waals surface area contributed by atoms with Crippen molar-refractivity contribution in [2.75, 3.05) is 19.4 Å². The van der Waals surface area contributed by atoms with Crippen molar-refractivity contribution in [3.8, 4) is 5.75 Å². The number of aryl methyl sites for hydroxylation is 1. The molecule has 0 radical (unpaired) electrons. The molecule has 0 bridgehead atoms. The minimum Gasteiger partial charge on any atom is -0.497 e. The first-order chi connectivity index (χ1) is 19.3. The average Bonchev–Trinajstić information content (AvgIpc) is 3.61. The number of likely N-dealkylation sites (tertiary alicyclic amines) is 1. The SMILES string of the molecule is CCCCCCCCCC(=O)c1coc([C@@H]2CCCN2Cc2cc(OC)ccc2CCC(=O)NS(=O)(=O)CC)n1. The van der Waals surface area contributed by atoms with Crippen LogP contribution in [0.1, 0.15) is 118 Å². The molecule has 10 heteroatoms. The summed E-state index contributed by atoms with van der Waals surface area (Å²) in [6, 6.07) is 5.68. The summed E-state index contributed by atoms with van der Waals surface area (Å²) < 4.78 is 36.8. The van der Waals surface area contributed by atoms with Gasteiger partial charge in [-0.3, -0.25) is 19.2 Å². The Morgan fingerprint density at radius 3 is 2.55 bits per heavy atom. The number of methoxy groups -OCH3 is 1. The van der Waals surface area contributed by atoms with Gasteiger partial charge in [-0.05, 0) is 62.4 Å². The Morgan fingerprint density at radius 2 is 1.82 bits per heavy atom. The van der Waals surface area contributed by atoms with E-state index in [0.717, 1.165) is 43.4 Å². The summed E-state index contributed by atoms with van der Waals surface area (Å²) in [4.78, 5) is 31.8. The maximum absolute atomic E-state index is 12.7. The number of nitrogens with one attached hydrogen (secondary N) is 1. The second kappa shape index (κ2) is 15.9. The van der Waals surface area contributed by atoms with Gasteiger partial charge in [-0.1, -0.05) is 51.5 Å². The number of benzene rings is 1. The first-order valence-corrected chi connectivity index (χ1v) is 16.3. The minimum atomic E-state index is -3.59. The van der Waals surface area contributed by atoms with Gasteiger partial charge >= 0.3 is 0 Å². The standard InChI is InChI=1S/C30H45N3O6S/c1-4-6-7-8-9-10-11-14-28(34)26-22-39-30(31-26)27-13-12-19-33(27)21-24-20-25(38-3)17-15-23(24)16-18-29(35)32-40(36,37)5-2/h15,17,20,22,27H,4-14,16,18-19,21H2,1-3H3,(H,32,35)/t27-/m0/s1. The van der Waals surface area contributed by atoms with E-state index >= 15 is 0 Å². The number of unbranched alkanes of at least 4 members (excludes halogenated alkanes) is 6. The number of carbonyl (C=O) groups is 2. The van der Waals surface area contributed by atoms with Crippen LogP contribution in [0, 0.1) is 0 Å². The maximum atomic E-state index is 12.7. The zero-order valence-electron chi connectivity index (χ0n) is 24.2. The Labute approximate surface area is 239 Å². The quantitative estimate of drug-likeness (QED) is 0.177. The van der Waals surface area contributed by atoms with Gasteiger partial charge in [-0.2, -0.15) is 0 Å². The predicted octanol–water partition coefficient (Wildman–Crippen LogP) is 5.74. The molecule has 1 aromatic heterocycles. The fraction of sp³-hybridized carbons (Fsp3) is 0.633. The summed E-state index contributed by atoms with van der Waals surface area (Å²) >= 11 is 0. The van der Waals surface area contributed by atoms with Crippen LogP contribution in [0.2, 0.25) is 0 Å². The fourth-order valence-electron chi connectivity index (χ4n) is 5.12. The lowest BCUT2D eigenvalue weighted by atomic mass is 10.0. The van der Waals surface area contributed by atoms with Crippen molar-refractivity contribution in [2.24, 2.45) is 0 Å². The molecule has 3 rings (SSSR count). The number of amides is 1. The normalized spacial score (nSPS) is 15.8. The van der Waals surface area contributed by atoms with E-state index in [1.165, 1.54) is 45.3 Å². The predicted molar refractivity (Wildman–Crippen MR) is 155 cm³/mol. The molecule has 1 saturated heterocycles. The van der Waals surface area contributed by atoms with Crippen molar-refractivity contribution < 1.29 is 27.2 Å². The maximum Gasteiger partial charge on any atom is 0.234 e. The zero-order valence-corrected chi connectivity index (χ0v) is 25.1. The number of carbonyl (C=O) groups excluding carboxylic acids is 2. The van der Waals surface area contributed by atoms with Crippen LogP contribution in [0.3, 0.4) is 0 Å². The van der Waals surface area contributed by atoms with E-state index in [-0.39, 0.29) is 24.0 Å². The van der Waals surface area contributed by atoms with Crippen molar-refractivity contribution >= 4 is 21.7 Å².